The molecule has 9 atom stereocenters. The van der Waals surface area contributed by atoms with Crippen molar-refractivity contribution in [1.29, 1.82) is 0 Å². The maximum atomic E-state index is 12.6. The maximum Gasteiger partial charge on any atom is 0.345 e. The van der Waals surface area contributed by atoms with Crippen LogP contribution in [0.4, 0.5) is 0 Å². The van der Waals surface area contributed by atoms with Gasteiger partial charge in [0.05, 0.1) is 17.9 Å². The third kappa shape index (κ3) is 2.64. The molecular formula is C23H32O6. The van der Waals surface area contributed by atoms with Gasteiger partial charge in [-0.15, -0.1) is 0 Å². The van der Waals surface area contributed by atoms with Crippen molar-refractivity contribution in [3.05, 3.63) is 11.6 Å². The van der Waals surface area contributed by atoms with Crippen molar-refractivity contribution < 1.29 is 29.6 Å². The Hall–Kier alpha value is -1.53. The molecule has 4 aliphatic rings. The second-order valence-electron chi connectivity index (χ2n) is 10.2. The molecule has 0 saturated heterocycles. The monoisotopic (exact) mass is 404 g/mol. The minimum atomic E-state index is -0.645. The summed E-state index contributed by atoms with van der Waals surface area (Å²) >= 11 is 0. The number of carbonyl (C=O) groups is 3. The molecule has 2 unspecified atom stereocenters. The van der Waals surface area contributed by atoms with Crippen molar-refractivity contribution in [1.82, 2.24) is 0 Å². The predicted octanol–water partition coefficient (Wildman–Crippen LogP) is 3.18. The number of allylic oxidation sites excluding steroid dienone is 1. The third-order valence-corrected chi connectivity index (χ3v) is 9.39. The molecule has 0 aromatic rings. The van der Waals surface area contributed by atoms with E-state index >= 15 is 0 Å². The van der Waals surface area contributed by atoms with Gasteiger partial charge in [-0.05, 0) is 72.7 Å². The molecule has 160 valence electrons. The first-order valence-corrected chi connectivity index (χ1v) is 11.0. The predicted molar refractivity (Wildman–Crippen MR) is 104 cm³/mol. The molecule has 4 aliphatic carbocycles. The summed E-state index contributed by atoms with van der Waals surface area (Å²) in [7, 11) is 0. The molecular weight excluding hydrogens is 372 g/mol. The van der Waals surface area contributed by atoms with Gasteiger partial charge in [0.2, 0.25) is 0 Å². The number of aliphatic hydroxyl groups excluding tert-OH is 1. The Bertz CT molecular complexity index is 758. The van der Waals surface area contributed by atoms with Gasteiger partial charge in [0, 0.05) is 0 Å². The average Bonchev–Trinajstić information content (AvgIpc) is 3.03. The van der Waals surface area contributed by atoms with Crippen LogP contribution in [0.5, 0.6) is 0 Å². The first-order valence-electron chi connectivity index (χ1n) is 11.0. The molecule has 6 heteroatoms. The summed E-state index contributed by atoms with van der Waals surface area (Å²) in [6.45, 7) is 6.22. The Labute approximate surface area is 171 Å². The van der Waals surface area contributed by atoms with E-state index in [1.165, 1.54) is 0 Å². The smallest absolute Gasteiger partial charge is 0.345 e. The molecule has 0 aromatic carbocycles. The van der Waals surface area contributed by atoms with Crippen molar-refractivity contribution in [2.45, 2.75) is 65.4 Å². The Kier molecular flexibility index (Phi) is 5.02. The van der Waals surface area contributed by atoms with Gasteiger partial charge in [-0.25, -0.2) is 4.79 Å². The van der Waals surface area contributed by atoms with E-state index in [1.807, 2.05) is 6.92 Å². The van der Waals surface area contributed by atoms with Crippen LogP contribution in [0, 0.1) is 46.3 Å². The van der Waals surface area contributed by atoms with Crippen molar-refractivity contribution in [2.75, 3.05) is 0 Å². The maximum absolute atomic E-state index is 12.6. The largest absolute Gasteiger partial charge is 0.393 e. The lowest BCUT2D eigenvalue weighted by Gasteiger charge is -2.62. The van der Waals surface area contributed by atoms with Crippen LogP contribution >= 0.6 is 0 Å². The normalized spacial score (nSPS) is 48.8. The number of hydrogen-bond donors (Lipinski definition) is 2. The lowest BCUT2D eigenvalue weighted by Crippen LogP contribution is -2.60. The SMILES string of the molecule is CCC1C(C=O)C(=O)C=C2CC[C@@H]3[C@H]([C@@H](O)C[C@]4(C)[C@H](C(=O)OO)CC[C@@H]34)[C@]21C. The highest BCUT2D eigenvalue weighted by Gasteiger charge is 2.65. The molecule has 3 saturated carbocycles. The second kappa shape index (κ2) is 7.02. The molecule has 3 fully saturated rings. The van der Waals surface area contributed by atoms with Gasteiger partial charge < -0.3 is 14.8 Å². The topological polar surface area (TPSA) is 101 Å². The number of rotatable bonds is 3. The summed E-state index contributed by atoms with van der Waals surface area (Å²) in [5.41, 5.74) is 0.280. The zero-order chi connectivity index (χ0) is 21.1. The number of carbonyl (C=O) groups excluding carboxylic acids is 3. The summed E-state index contributed by atoms with van der Waals surface area (Å²) < 4.78 is 0. The highest BCUT2D eigenvalue weighted by atomic mass is 17.1. The van der Waals surface area contributed by atoms with Gasteiger partial charge in [-0.2, -0.15) is 5.26 Å². The van der Waals surface area contributed by atoms with Gasteiger partial charge >= 0.3 is 5.97 Å². The lowest BCUT2D eigenvalue weighted by molar-refractivity contribution is -0.245. The quantitative estimate of drug-likeness (QED) is 0.324. The van der Waals surface area contributed by atoms with Gasteiger partial charge in [-0.1, -0.05) is 32.8 Å². The fourth-order valence-corrected chi connectivity index (χ4v) is 8.25. The minimum absolute atomic E-state index is 0.0371. The van der Waals surface area contributed by atoms with E-state index in [0.717, 1.165) is 31.1 Å². The van der Waals surface area contributed by atoms with Crippen molar-refractivity contribution >= 4 is 18.0 Å². The number of ketones is 1. The summed E-state index contributed by atoms with van der Waals surface area (Å²) in [6, 6.07) is 0. The zero-order valence-electron chi connectivity index (χ0n) is 17.5. The van der Waals surface area contributed by atoms with Crippen LogP contribution in [-0.2, 0) is 19.3 Å². The highest BCUT2D eigenvalue weighted by Crippen LogP contribution is 2.68. The fraction of sp³-hybridized carbons (Fsp3) is 0.783. The standard InChI is InChI=1S/C23H32O6/c1-4-15-14(11-24)18(25)9-12-5-6-13-16-7-8-17(21(27)29-28)22(16,2)10-19(26)20(13)23(12,15)3/h9,11,13-17,19-20,26,28H,4-8,10H2,1-3H3/t13-,14?,15?,16-,17-,19-,20+,22-,23+/m0/s1. The van der Waals surface area contributed by atoms with Crippen LogP contribution in [0.25, 0.3) is 0 Å². The molecule has 0 spiro atoms. The molecule has 0 heterocycles. The summed E-state index contributed by atoms with van der Waals surface area (Å²) in [4.78, 5) is 40.7. The summed E-state index contributed by atoms with van der Waals surface area (Å²) in [6.07, 6.45) is 6.21. The minimum Gasteiger partial charge on any atom is -0.393 e. The van der Waals surface area contributed by atoms with Crippen LogP contribution in [0.3, 0.4) is 0 Å². The van der Waals surface area contributed by atoms with Crippen LogP contribution in [0.2, 0.25) is 0 Å². The molecule has 0 radical (unpaired) electrons. The zero-order valence-corrected chi connectivity index (χ0v) is 17.5. The Morgan fingerprint density at radius 1 is 1.31 bits per heavy atom. The second-order valence-corrected chi connectivity index (χ2v) is 10.2. The first kappa shape index (κ1) is 20.7. The molecule has 0 amide bonds. The molecule has 4 rings (SSSR count). The van der Waals surface area contributed by atoms with Gasteiger partial charge in [0.1, 0.15) is 6.29 Å². The molecule has 6 nitrogen and oxygen atoms in total. The van der Waals surface area contributed by atoms with Gasteiger partial charge in [-0.3, -0.25) is 4.79 Å². The Morgan fingerprint density at radius 3 is 2.66 bits per heavy atom. The molecule has 2 N–H and O–H groups in total. The van der Waals surface area contributed by atoms with Gasteiger partial charge in [0.15, 0.2) is 5.78 Å². The summed E-state index contributed by atoms with van der Waals surface area (Å²) in [5, 5.41) is 20.4. The summed E-state index contributed by atoms with van der Waals surface area (Å²) in [5.74, 6) is -1.42. The number of aliphatic hydroxyl groups is 1. The molecule has 0 aromatic heterocycles. The van der Waals surface area contributed by atoms with E-state index < -0.39 is 34.7 Å². The first-order chi connectivity index (χ1) is 13.7. The van der Waals surface area contributed by atoms with Crippen LogP contribution in [-0.4, -0.2) is 34.5 Å². The molecule has 29 heavy (non-hydrogen) atoms. The molecule has 0 bridgehead atoms. The van der Waals surface area contributed by atoms with Gasteiger partial charge in [0.25, 0.3) is 0 Å². The van der Waals surface area contributed by atoms with E-state index in [-0.39, 0.29) is 29.5 Å². The number of aldehydes is 1. The van der Waals surface area contributed by atoms with E-state index in [1.54, 1.807) is 6.08 Å². The lowest BCUT2D eigenvalue weighted by atomic mass is 9.42. The van der Waals surface area contributed by atoms with Crippen molar-refractivity contribution in [2.24, 2.45) is 46.3 Å². The number of hydrogen-bond acceptors (Lipinski definition) is 6. The Morgan fingerprint density at radius 2 is 2.03 bits per heavy atom. The van der Waals surface area contributed by atoms with E-state index in [9.17, 15) is 19.5 Å². The van der Waals surface area contributed by atoms with E-state index in [0.29, 0.717) is 19.3 Å². The van der Waals surface area contributed by atoms with Crippen LogP contribution in [0.1, 0.15) is 59.3 Å². The Balaban J connectivity index is 1.77. The van der Waals surface area contributed by atoms with Crippen LogP contribution in [0.15, 0.2) is 11.6 Å². The van der Waals surface area contributed by atoms with E-state index in [2.05, 4.69) is 18.7 Å². The van der Waals surface area contributed by atoms with Crippen molar-refractivity contribution in [3.8, 4) is 0 Å². The average molecular weight is 405 g/mol. The third-order valence-electron chi connectivity index (χ3n) is 9.39. The van der Waals surface area contributed by atoms with Crippen molar-refractivity contribution in [3.63, 3.8) is 0 Å². The van der Waals surface area contributed by atoms with Crippen LogP contribution < -0.4 is 0 Å². The highest BCUT2D eigenvalue weighted by molar-refractivity contribution is 6.02. The molecule has 0 aliphatic heterocycles. The fourth-order valence-electron chi connectivity index (χ4n) is 8.25. The number of fused-ring (bicyclic) bond motifs is 5. The van der Waals surface area contributed by atoms with E-state index in [4.69, 9.17) is 5.26 Å².